The van der Waals surface area contributed by atoms with E-state index < -0.39 is 5.97 Å². The normalized spacial score (nSPS) is 10.2. The van der Waals surface area contributed by atoms with E-state index in [2.05, 4.69) is 20.9 Å². The highest BCUT2D eigenvalue weighted by molar-refractivity contribution is 9.10. The quantitative estimate of drug-likeness (QED) is 0.857. The zero-order valence-corrected chi connectivity index (χ0v) is 10.9. The molecule has 0 aliphatic rings. The maximum absolute atomic E-state index is 10.9. The zero-order chi connectivity index (χ0) is 12.4. The molecule has 0 saturated heterocycles. The van der Waals surface area contributed by atoms with Crippen LogP contribution in [0.3, 0.4) is 0 Å². The number of aromatic nitrogens is 1. The van der Waals surface area contributed by atoms with Crippen LogP contribution in [0.4, 0.5) is 0 Å². The molecule has 86 valence electrons. The molecule has 0 amide bonds. The van der Waals surface area contributed by atoms with E-state index in [0.717, 1.165) is 10.0 Å². The minimum Gasteiger partial charge on any atom is -0.478 e. The van der Waals surface area contributed by atoms with Crippen molar-refractivity contribution in [2.24, 2.45) is 0 Å². The molecule has 3 nitrogen and oxygen atoms in total. The van der Waals surface area contributed by atoms with Gasteiger partial charge in [-0.2, -0.15) is 0 Å². The highest BCUT2D eigenvalue weighted by Crippen LogP contribution is 2.23. The van der Waals surface area contributed by atoms with Crippen LogP contribution >= 0.6 is 27.5 Å². The van der Waals surface area contributed by atoms with Crippen molar-refractivity contribution in [2.75, 3.05) is 0 Å². The van der Waals surface area contributed by atoms with Crippen LogP contribution in [0.15, 0.2) is 40.9 Å². The number of hydrogen-bond acceptors (Lipinski definition) is 2. The van der Waals surface area contributed by atoms with Crippen LogP contribution < -0.4 is 0 Å². The van der Waals surface area contributed by atoms with Gasteiger partial charge in [-0.05, 0) is 24.3 Å². The number of aromatic carboxylic acids is 1. The second-order valence-corrected chi connectivity index (χ2v) is 4.68. The Morgan fingerprint density at radius 3 is 2.47 bits per heavy atom. The highest BCUT2D eigenvalue weighted by Gasteiger charge is 2.08. The van der Waals surface area contributed by atoms with Crippen molar-refractivity contribution in [3.05, 3.63) is 51.6 Å². The third kappa shape index (κ3) is 2.84. The van der Waals surface area contributed by atoms with Crippen LogP contribution in [-0.2, 0) is 0 Å². The van der Waals surface area contributed by atoms with Gasteiger partial charge in [-0.3, -0.25) is 0 Å². The third-order valence-corrected chi connectivity index (χ3v) is 2.90. The van der Waals surface area contributed by atoms with Gasteiger partial charge < -0.3 is 5.11 Å². The van der Waals surface area contributed by atoms with Crippen molar-refractivity contribution in [1.82, 2.24) is 4.98 Å². The van der Waals surface area contributed by atoms with Crippen LogP contribution in [0.25, 0.3) is 11.3 Å². The molecule has 0 aliphatic heterocycles. The number of pyridine rings is 1. The molecule has 5 heteroatoms. The van der Waals surface area contributed by atoms with Crippen molar-refractivity contribution < 1.29 is 9.90 Å². The van der Waals surface area contributed by atoms with E-state index in [1.165, 1.54) is 12.1 Å². The third-order valence-electron chi connectivity index (χ3n) is 2.18. The van der Waals surface area contributed by atoms with Crippen molar-refractivity contribution in [2.45, 2.75) is 0 Å². The summed E-state index contributed by atoms with van der Waals surface area (Å²) in [7, 11) is 0. The Kier molecular flexibility index (Phi) is 3.45. The standard InChI is InChI=1S/C12H7BrClNO2/c13-9-3-1-7(2-4-9)10-5-8(12(16)17)6-11(14)15-10/h1-6H,(H,16,17). The topological polar surface area (TPSA) is 50.2 Å². The summed E-state index contributed by atoms with van der Waals surface area (Å²) < 4.78 is 0.946. The van der Waals surface area contributed by atoms with Crippen molar-refractivity contribution >= 4 is 33.5 Å². The number of halogens is 2. The monoisotopic (exact) mass is 311 g/mol. The number of rotatable bonds is 2. The molecule has 17 heavy (non-hydrogen) atoms. The lowest BCUT2D eigenvalue weighted by atomic mass is 10.1. The lowest BCUT2D eigenvalue weighted by Crippen LogP contribution is -1.98. The smallest absolute Gasteiger partial charge is 0.335 e. The van der Waals surface area contributed by atoms with Crippen LogP contribution in [0.1, 0.15) is 10.4 Å². The fourth-order valence-corrected chi connectivity index (χ4v) is 1.86. The van der Waals surface area contributed by atoms with Crippen LogP contribution in [0.2, 0.25) is 5.15 Å². The number of carboxylic acid groups (broad SMARTS) is 1. The lowest BCUT2D eigenvalue weighted by molar-refractivity contribution is 0.0697. The molecule has 0 aliphatic carbocycles. The van der Waals surface area contributed by atoms with E-state index >= 15 is 0 Å². The number of carbonyl (C=O) groups is 1. The molecule has 1 N–H and O–H groups in total. The van der Waals surface area contributed by atoms with Crippen molar-refractivity contribution in [1.29, 1.82) is 0 Å². The minimum atomic E-state index is -1.02. The molecule has 2 rings (SSSR count). The predicted octanol–water partition coefficient (Wildman–Crippen LogP) is 3.86. The summed E-state index contributed by atoms with van der Waals surface area (Å²) in [6, 6.07) is 10.2. The largest absolute Gasteiger partial charge is 0.478 e. The van der Waals surface area contributed by atoms with E-state index in [-0.39, 0.29) is 10.7 Å². The SMILES string of the molecule is O=C(O)c1cc(Cl)nc(-c2ccc(Br)cc2)c1. The number of benzene rings is 1. The van der Waals surface area contributed by atoms with Crippen LogP contribution in [0.5, 0.6) is 0 Å². The molecule has 2 aromatic rings. The summed E-state index contributed by atoms with van der Waals surface area (Å²) in [6.45, 7) is 0. The molecule has 0 spiro atoms. The van der Waals surface area contributed by atoms with Crippen LogP contribution in [0, 0.1) is 0 Å². The first-order chi connectivity index (χ1) is 8.06. The second-order valence-electron chi connectivity index (χ2n) is 3.38. The number of hydrogen-bond donors (Lipinski definition) is 1. The van der Waals surface area contributed by atoms with E-state index in [1.54, 1.807) is 0 Å². The van der Waals surface area contributed by atoms with Gasteiger partial charge in [0.1, 0.15) is 5.15 Å². The first-order valence-corrected chi connectivity index (χ1v) is 5.90. The molecule has 1 aromatic heterocycles. The maximum Gasteiger partial charge on any atom is 0.335 e. The lowest BCUT2D eigenvalue weighted by Gasteiger charge is -2.03. The molecule has 0 fully saturated rings. The summed E-state index contributed by atoms with van der Waals surface area (Å²) in [5.41, 5.74) is 1.49. The summed E-state index contributed by atoms with van der Waals surface area (Å²) in [6.07, 6.45) is 0. The van der Waals surface area contributed by atoms with Crippen LogP contribution in [-0.4, -0.2) is 16.1 Å². The predicted molar refractivity (Wildman–Crippen MR) is 69.3 cm³/mol. The molecular formula is C12H7BrClNO2. The van der Waals surface area contributed by atoms with Gasteiger partial charge in [-0.1, -0.05) is 39.7 Å². The average Bonchev–Trinajstić information content (AvgIpc) is 2.29. The Labute approximate surface area is 111 Å². The fraction of sp³-hybridized carbons (Fsp3) is 0. The average molecular weight is 313 g/mol. The van der Waals surface area contributed by atoms with E-state index in [9.17, 15) is 4.79 Å². The molecule has 0 bridgehead atoms. The minimum absolute atomic E-state index is 0.128. The Hall–Kier alpha value is -1.39. The summed E-state index contributed by atoms with van der Waals surface area (Å²) in [5.74, 6) is -1.02. The molecule has 0 unspecified atom stereocenters. The molecule has 1 heterocycles. The van der Waals surface area contributed by atoms with E-state index in [1.807, 2.05) is 24.3 Å². The van der Waals surface area contributed by atoms with E-state index in [0.29, 0.717) is 5.69 Å². The Balaban J connectivity index is 2.51. The number of carboxylic acids is 1. The van der Waals surface area contributed by atoms with Crippen molar-refractivity contribution in [3.8, 4) is 11.3 Å². The maximum atomic E-state index is 10.9. The second kappa shape index (κ2) is 4.85. The Bertz CT molecular complexity index is 569. The summed E-state index contributed by atoms with van der Waals surface area (Å²) in [4.78, 5) is 15.0. The fourth-order valence-electron chi connectivity index (χ4n) is 1.39. The van der Waals surface area contributed by atoms with Gasteiger partial charge in [0.15, 0.2) is 0 Å². The summed E-state index contributed by atoms with van der Waals surface area (Å²) in [5, 5.41) is 9.10. The molecule has 0 atom stereocenters. The van der Waals surface area contributed by atoms with Gasteiger partial charge in [0.25, 0.3) is 0 Å². The van der Waals surface area contributed by atoms with E-state index in [4.69, 9.17) is 16.7 Å². The van der Waals surface area contributed by atoms with Gasteiger partial charge in [0.05, 0.1) is 11.3 Å². The highest BCUT2D eigenvalue weighted by atomic mass is 79.9. The van der Waals surface area contributed by atoms with Gasteiger partial charge in [-0.15, -0.1) is 0 Å². The molecular weight excluding hydrogens is 305 g/mol. The van der Waals surface area contributed by atoms with Gasteiger partial charge in [0, 0.05) is 10.0 Å². The molecule has 1 aromatic carbocycles. The van der Waals surface area contributed by atoms with Gasteiger partial charge in [-0.25, -0.2) is 9.78 Å². The number of nitrogens with zero attached hydrogens (tertiary/aromatic N) is 1. The van der Waals surface area contributed by atoms with Gasteiger partial charge >= 0.3 is 5.97 Å². The molecule has 0 radical (unpaired) electrons. The summed E-state index contributed by atoms with van der Waals surface area (Å²) >= 11 is 9.12. The first kappa shape index (κ1) is 12.1. The van der Waals surface area contributed by atoms with Crippen molar-refractivity contribution in [3.63, 3.8) is 0 Å². The Morgan fingerprint density at radius 2 is 1.88 bits per heavy atom. The zero-order valence-electron chi connectivity index (χ0n) is 8.52. The Morgan fingerprint density at radius 1 is 1.24 bits per heavy atom. The molecule has 0 saturated carbocycles. The van der Waals surface area contributed by atoms with Gasteiger partial charge in [0.2, 0.25) is 0 Å². The first-order valence-electron chi connectivity index (χ1n) is 4.73.